The van der Waals surface area contributed by atoms with E-state index in [0.717, 1.165) is 0 Å². The van der Waals surface area contributed by atoms with Gasteiger partial charge in [-0.1, -0.05) is 0 Å². The van der Waals surface area contributed by atoms with Gasteiger partial charge in [0, 0.05) is 19.0 Å². The zero-order valence-corrected chi connectivity index (χ0v) is 9.66. The number of amides is 1. The van der Waals surface area contributed by atoms with Gasteiger partial charge in [0.05, 0.1) is 12.7 Å². The third kappa shape index (κ3) is 5.74. The minimum Gasteiger partial charge on any atom is -0.377 e. The van der Waals surface area contributed by atoms with Crippen molar-refractivity contribution in [2.45, 2.75) is 45.3 Å². The van der Waals surface area contributed by atoms with E-state index in [9.17, 15) is 4.79 Å². The number of carbonyl (C=O) groups is 1. The average Bonchev–Trinajstić information content (AvgIpc) is 2.94. The summed E-state index contributed by atoms with van der Waals surface area (Å²) in [6.45, 7) is 5.10. The van der Waals surface area contributed by atoms with Gasteiger partial charge in [0.1, 0.15) is 0 Å². The predicted molar refractivity (Wildman–Crippen MR) is 59.4 cm³/mol. The summed E-state index contributed by atoms with van der Waals surface area (Å²) in [4.78, 5) is 11.4. The lowest BCUT2D eigenvalue weighted by Gasteiger charge is -2.11. The molecule has 1 saturated carbocycles. The molecule has 0 heterocycles. The SMILES string of the molecule is CC(C)OCCNC(=O)CC(N)C1CC1. The molecule has 1 aliphatic rings. The third-order valence-corrected chi connectivity index (χ3v) is 2.52. The number of nitrogens with two attached hydrogens (primary N) is 1. The van der Waals surface area contributed by atoms with Crippen LogP contribution in [0.3, 0.4) is 0 Å². The maximum atomic E-state index is 11.4. The van der Waals surface area contributed by atoms with Crippen molar-refractivity contribution in [1.82, 2.24) is 5.32 Å². The molecule has 0 aromatic carbocycles. The van der Waals surface area contributed by atoms with Crippen LogP contribution < -0.4 is 11.1 Å². The first-order valence-corrected chi connectivity index (χ1v) is 5.73. The standard InChI is InChI=1S/C11H22N2O2/c1-8(2)15-6-5-13-11(14)7-10(12)9-3-4-9/h8-10H,3-7,12H2,1-2H3,(H,13,14). The minimum absolute atomic E-state index is 0.0433. The highest BCUT2D eigenvalue weighted by atomic mass is 16.5. The van der Waals surface area contributed by atoms with E-state index in [1.165, 1.54) is 12.8 Å². The topological polar surface area (TPSA) is 64.3 Å². The van der Waals surface area contributed by atoms with E-state index in [2.05, 4.69) is 5.32 Å². The van der Waals surface area contributed by atoms with Crippen molar-refractivity contribution in [3.63, 3.8) is 0 Å². The molecule has 1 aliphatic carbocycles. The second kappa shape index (κ2) is 6.08. The minimum atomic E-state index is 0.0433. The maximum absolute atomic E-state index is 11.4. The fraction of sp³-hybridized carbons (Fsp3) is 0.909. The van der Waals surface area contributed by atoms with Crippen molar-refractivity contribution in [3.05, 3.63) is 0 Å². The predicted octanol–water partition coefficient (Wildman–Crippen LogP) is 0.655. The van der Waals surface area contributed by atoms with Crippen LogP contribution in [-0.4, -0.2) is 31.2 Å². The van der Waals surface area contributed by atoms with Crippen LogP contribution in [0.2, 0.25) is 0 Å². The number of nitrogens with one attached hydrogen (secondary N) is 1. The Labute approximate surface area is 91.5 Å². The Kier molecular flexibility index (Phi) is 5.05. The quantitative estimate of drug-likeness (QED) is 0.612. The Balaban J connectivity index is 1.97. The van der Waals surface area contributed by atoms with Crippen molar-refractivity contribution in [1.29, 1.82) is 0 Å². The number of carbonyl (C=O) groups excluding carboxylic acids is 1. The fourth-order valence-corrected chi connectivity index (χ4v) is 1.46. The summed E-state index contributed by atoms with van der Waals surface area (Å²) in [7, 11) is 0. The molecule has 4 nitrogen and oxygen atoms in total. The van der Waals surface area contributed by atoms with E-state index in [1.807, 2.05) is 13.8 Å². The molecule has 0 aromatic rings. The highest BCUT2D eigenvalue weighted by molar-refractivity contribution is 5.76. The molecule has 0 saturated heterocycles. The number of hydrogen-bond acceptors (Lipinski definition) is 3. The summed E-state index contributed by atoms with van der Waals surface area (Å²) in [6.07, 6.45) is 3.04. The molecule has 15 heavy (non-hydrogen) atoms. The smallest absolute Gasteiger partial charge is 0.221 e. The van der Waals surface area contributed by atoms with E-state index < -0.39 is 0 Å². The molecular formula is C11H22N2O2. The summed E-state index contributed by atoms with van der Waals surface area (Å²) in [6, 6.07) is 0.0519. The van der Waals surface area contributed by atoms with Crippen LogP contribution in [0.5, 0.6) is 0 Å². The fourth-order valence-electron chi connectivity index (χ4n) is 1.46. The molecule has 0 spiro atoms. The molecule has 88 valence electrons. The van der Waals surface area contributed by atoms with E-state index in [-0.39, 0.29) is 18.1 Å². The van der Waals surface area contributed by atoms with Crippen LogP contribution in [0.15, 0.2) is 0 Å². The van der Waals surface area contributed by atoms with Gasteiger partial charge >= 0.3 is 0 Å². The van der Waals surface area contributed by atoms with Crippen molar-refractivity contribution >= 4 is 5.91 Å². The first-order chi connectivity index (χ1) is 7.09. The van der Waals surface area contributed by atoms with Gasteiger partial charge in [0.2, 0.25) is 5.91 Å². The Morgan fingerprint density at radius 2 is 2.20 bits per heavy atom. The molecule has 4 heteroatoms. The molecule has 1 unspecified atom stereocenters. The van der Waals surface area contributed by atoms with Crippen LogP contribution in [0, 0.1) is 5.92 Å². The van der Waals surface area contributed by atoms with Gasteiger partial charge in [0.25, 0.3) is 0 Å². The largest absolute Gasteiger partial charge is 0.377 e. The van der Waals surface area contributed by atoms with Gasteiger partial charge in [-0.25, -0.2) is 0 Å². The molecular weight excluding hydrogens is 192 g/mol. The van der Waals surface area contributed by atoms with E-state index in [4.69, 9.17) is 10.5 Å². The summed E-state index contributed by atoms with van der Waals surface area (Å²) in [5.74, 6) is 0.629. The van der Waals surface area contributed by atoms with Crippen molar-refractivity contribution < 1.29 is 9.53 Å². The molecule has 1 fully saturated rings. The summed E-state index contributed by atoms with van der Waals surface area (Å²) < 4.78 is 5.31. The summed E-state index contributed by atoms with van der Waals surface area (Å²) >= 11 is 0. The Morgan fingerprint density at radius 1 is 1.53 bits per heavy atom. The number of ether oxygens (including phenoxy) is 1. The number of hydrogen-bond donors (Lipinski definition) is 2. The number of rotatable bonds is 7. The summed E-state index contributed by atoms with van der Waals surface area (Å²) in [5.41, 5.74) is 5.84. The van der Waals surface area contributed by atoms with Crippen LogP contribution in [-0.2, 0) is 9.53 Å². The lowest BCUT2D eigenvalue weighted by Crippen LogP contribution is -2.34. The van der Waals surface area contributed by atoms with Crippen LogP contribution in [0.1, 0.15) is 33.1 Å². The van der Waals surface area contributed by atoms with Gasteiger partial charge in [-0.3, -0.25) is 4.79 Å². The molecule has 0 aromatic heterocycles. The zero-order chi connectivity index (χ0) is 11.3. The van der Waals surface area contributed by atoms with Crippen LogP contribution >= 0.6 is 0 Å². The summed E-state index contributed by atoms with van der Waals surface area (Å²) in [5, 5.41) is 2.81. The van der Waals surface area contributed by atoms with Gasteiger partial charge < -0.3 is 15.8 Å². The van der Waals surface area contributed by atoms with Gasteiger partial charge in [-0.05, 0) is 32.6 Å². The molecule has 1 atom stereocenters. The molecule has 3 N–H and O–H groups in total. The maximum Gasteiger partial charge on any atom is 0.221 e. The Morgan fingerprint density at radius 3 is 2.73 bits per heavy atom. The van der Waals surface area contributed by atoms with E-state index in [0.29, 0.717) is 25.5 Å². The lowest BCUT2D eigenvalue weighted by molar-refractivity contribution is -0.121. The van der Waals surface area contributed by atoms with E-state index in [1.54, 1.807) is 0 Å². The zero-order valence-electron chi connectivity index (χ0n) is 9.66. The van der Waals surface area contributed by atoms with Gasteiger partial charge in [-0.2, -0.15) is 0 Å². The first kappa shape index (κ1) is 12.5. The van der Waals surface area contributed by atoms with Crippen molar-refractivity contribution in [3.8, 4) is 0 Å². The van der Waals surface area contributed by atoms with Crippen LogP contribution in [0.25, 0.3) is 0 Å². The van der Waals surface area contributed by atoms with Crippen molar-refractivity contribution in [2.24, 2.45) is 11.7 Å². The molecule has 1 amide bonds. The molecule has 0 aliphatic heterocycles. The third-order valence-electron chi connectivity index (χ3n) is 2.52. The Bertz CT molecular complexity index is 203. The van der Waals surface area contributed by atoms with Gasteiger partial charge in [-0.15, -0.1) is 0 Å². The highest BCUT2D eigenvalue weighted by Crippen LogP contribution is 2.32. The lowest BCUT2D eigenvalue weighted by atomic mass is 10.1. The second-order valence-electron chi connectivity index (χ2n) is 4.47. The average molecular weight is 214 g/mol. The second-order valence-corrected chi connectivity index (χ2v) is 4.47. The molecule has 0 bridgehead atoms. The first-order valence-electron chi connectivity index (χ1n) is 5.73. The molecule has 0 radical (unpaired) electrons. The van der Waals surface area contributed by atoms with Crippen LogP contribution in [0.4, 0.5) is 0 Å². The van der Waals surface area contributed by atoms with E-state index >= 15 is 0 Å². The normalized spacial score (nSPS) is 17.9. The highest BCUT2D eigenvalue weighted by Gasteiger charge is 2.29. The Hall–Kier alpha value is -0.610. The molecule has 1 rings (SSSR count). The van der Waals surface area contributed by atoms with Gasteiger partial charge in [0.15, 0.2) is 0 Å². The van der Waals surface area contributed by atoms with Crippen molar-refractivity contribution in [2.75, 3.05) is 13.2 Å². The monoisotopic (exact) mass is 214 g/mol.